The Bertz CT molecular complexity index is 1150. The Hall–Kier alpha value is -2.70. The molecule has 3 unspecified atom stereocenters. The number of nitrogens with zero attached hydrogens (tertiary/aromatic N) is 1. The van der Waals surface area contributed by atoms with Crippen LogP contribution in [0.1, 0.15) is 32.8 Å². The monoisotopic (exact) mass is 550 g/mol. The molecule has 0 radical (unpaired) electrons. The quantitative estimate of drug-likeness (QED) is 0.344. The molecule has 1 saturated heterocycles. The summed E-state index contributed by atoms with van der Waals surface area (Å²) >= 11 is 0. The Morgan fingerprint density at radius 1 is 1.18 bits per heavy atom. The van der Waals surface area contributed by atoms with Crippen LogP contribution in [-0.2, 0) is 25.9 Å². The summed E-state index contributed by atoms with van der Waals surface area (Å²) in [6.45, 7) is 4.97. The molecule has 0 saturated carbocycles. The number of hydrogen-bond acceptors (Lipinski definition) is 8. The van der Waals surface area contributed by atoms with Crippen LogP contribution in [-0.4, -0.2) is 74.5 Å². The third-order valence-electron chi connectivity index (χ3n) is 6.55. The van der Waals surface area contributed by atoms with Gasteiger partial charge < -0.3 is 24.4 Å². The van der Waals surface area contributed by atoms with Crippen molar-refractivity contribution in [2.24, 2.45) is 11.3 Å². The summed E-state index contributed by atoms with van der Waals surface area (Å²) in [7, 11) is -2.95. The predicted octanol–water partition coefficient (Wildman–Crippen LogP) is 2.74. The zero-order valence-corrected chi connectivity index (χ0v) is 23.1. The van der Waals surface area contributed by atoms with Crippen molar-refractivity contribution in [2.45, 2.75) is 50.5 Å². The summed E-state index contributed by atoms with van der Waals surface area (Å²) in [5, 5.41) is 24.7. The smallest absolute Gasteiger partial charge is 0.410 e. The van der Waals surface area contributed by atoms with Gasteiger partial charge in [-0.15, -0.1) is 4.31 Å². The van der Waals surface area contributed by atoms with Crippen LogP contribution in [0.4, 0.5) is 4.79 Å². The van der Waals surface area contributed by atoms with E-state index in [-0.39, 0.29) is 31.1 Å². The number of rotatable bonds is 12. The molecule has 38 heavy (non-hydrogen) atoms. The van der Waals surface area contributed by atoms with Gasteiger partial charge in [0.1, 0.15) is 11.9 Å². The van der Waals surface area contributed by atoms with Gasteiger partial charge >= 0.3 is 6.09 Å². The average Bonchev–Trinajstić information content (AvgIpc) is 3.40. The Kier molecular flexibility index (Phi) is 9.77. The Morgan fingerprint density at radius 3 is 2.39 bits per heavy atom. The fourth-order valence-electron chi connectivity index (χ4n) is 4.18. The molecule has 1 aliphatic heterocycles. The van der Waals surface area contributed by atoms with Crippen LogP contribution in [0, 0.1) is 11.3 Å². The first-order valence-corrected chi connectivity index (χ1v) is 14.0. The fraction of sp³-hybridized carbons (Fsp3) is 0.519. The first kappa shape index (κ1) is 29.9. The summed E-state index contributed by atoms with van der Waals surface area (Å²) in [5.41, 5.74) is -0.133. The number of hydrogen-bond donors (Lipinski definition) is 3. The zero-order chi connectivity index (χ0) is 28.0. The van der Waals surface area contributed by atoms with E-state index in [0.29, 0.717) is 18.8 Å². The number of amides is 1. The highest BCUT2D eigenvalue weighted by molar-refractivity contribution is 7.89. The van der Waals surface area contributed by atoms with Crippen molar-refractivity contribution in [1.82, 2.24) is 9.62 Å². The summed E-state index contributed by atoms with van der Waals surface area (Å²) < 4.78 is 44.9. The Morgan fingerprint density at radius 2 is 1.84 bits per heavy atom. The predicted molar refractivity (Wildman–Crippen MR) is 141 cm³/mol. The molecule has 0 bridgehead atoms. The van der Waals surface area contributed by atoms with Gasteiger partial charge in [-0.25, -0.2) is 13.2 Å². The maximum Gasteiger partial charge on any atom is 0.410 e. The molecular weight excluding hydrogens is 512 g/mol. The van der Waals surface area contributed by atoms with E-state index < -0.39 is 39.4 Å². The summed E-state index contributed by atoms with van der Waals surface area (Å²) in [6.07, 6.45) is -0.751. The molecular formula is C27H38N2O8S. The van der Waals surface area contributed by atoms with Crippen LogP contribution < -0.4 is 10.1 Å². The first-order chi connectivity index (χ1) is 17.9. The second kappa shape index (κ2) is 12.4. The van der Waals surface area contributed by atoms with Crippen molar-refractivity contribution < 1.29 is 37.6 Å². The summed E-state index contributed by atoms with van der Waals surface area (Å²) in [5.74, 6) is -2.79. The van der Waals surface area contributed by atoms with Crippen LogP contribution in [0.2, 0.25) is 0 Å². The van der Waals surface area contributed by atoms with Crippen molar-refractivity contribution in [3.8, 4) is 5.75 Å². The van der Waals surface area contributed by atoms with E-state index in [1.165, 1.54) is 31.4 Å². The molecule has 0 spiro atoms. The van der Waals surface area contributed by atoms with Gasteiger partial charge in [0.2, 0.25) is 15.9 Å². The standard InChI is InChI=1S/C27H38N2O8S/c1-20(16-21-8-6-5-7-9-21)27(32,28-25(31)37-23-14-15-36-17-23)29(18-26(2,3)19-30)38(33,34)24-12-10-22(35-4)11-13-24/h5-13,20,23,30,32H,14-19H2,1-4H3,(H,28,31). The van der Waals surface area contributed by atoms with Crippen molar-refractivity contribution in [2.75, 3.05) is 33.5 Å². The van der Waals surface area contributed by atoms with Crippen LogP contribution >= 0.6 is 0 Å². The molecule has 1 heterocycles. The molecule has 0 aliphatic carbocycles. The lowest BCUT2D eigenvalue weighted by atomic mass is 9.92. The van der Waals surface area contributed by atoms with Gasteiger partial charge in [-0.1, -0.05) is 51.1 Å². The Labute approximate surface area is 224 Å². The molecule has 3 rings (SSSR count). The molecule has 1 amide bonds. The molecule has 2 aromatic rings. The summed E-state index contributed by atoms with van der Waals surface area (Å²) in [6, 6.07) is 15.0. The zero-order valence-electron chi connectivity index (χ0n) is 22.3. The fourth-order valence-corrected chi connectivity index (χ4v) is 6.03. The van der Waals surface area contributed by atoms with Gasteiger partial charge in [0.15, 0.2) is 0 Å². The minimum atomic E-state index is -4.42. The highest BCUT2D eigenvalue weighted by Crippen LogP contribution is 2.34. The number of carbonyl (C=O) groups excluding carboxylic acids is 1. The largest absolute Gasteiger partial charge is 0.497 e. The molecule has 3 atom stereocenters. The molecule has 1 fully saturated rings. The number of methoxy groups -OCH3 is 1. The molecule has 3 N–H and O–H groups in total. The van der Waals surface area contributed by atoms with Gasteiger partial charge in [0.25, 0.3) is 0 Å². The number of alkyl carbamates (subject to hydrolysis) is 1. The molecule has 1 aliphatic rings. The number of sulfonamides is 1. The SMILES string of the molecule is COc1ccc(S(=O)(=O)N(CC(C)(C)CO)C(O)(NC(=O)OC2CCOC2)C(C)Cc2ccccc2)cc1. The van der Waals surface area contributed by atoms with Gasteiger partial charge in [0, 0.05) is 30.9 Å². The first-order valence-electron chi connectivity index (χ1n) is 12.5. The van der Waals surface area contributed by atoms with Gasteiger partial charge in [-0.3, -0.25) is 5.32 Å². The van der Waals surface area contributed by atoms with Crippen LogP contribution in [0.3, 0.4) is 0 Å². The Balaban J connectivity index is 2.08. The van der Waals surface area contributed by atoms with Gasteiger partial charge in [-0.2, -0.15) is 0 Å². The maximum atomic E-state index is 14.1. The van der Waals surface area contributed by atoms with E-state index >= 15 is 0 Å². The van der Waals surface area contributed by atoms with Crippen molar-refractivity contribution in [3.63, 3.8) is 0 Å². The lowest BCUT2D eigenvalue weighted by molar-refractivity contribution is -0.136. The molecule has 210 valence electrons. The van der Waals surface area contributed by atoms with E-state index in [1.54, 1.807) is 20.8 Å². The number of aliphatic hydroxyl groups is 2. The van der Waals surface area contributed by atoms with E-state index in [0.717, 1.165) is 9.87 Å². The third-order valence-corrected chi connectivity index (χ3v) is 8.40. The van der Waals surface area contributed by atoms with Crippen LogP contribution in [0.5, 0.6) is 5.75 Å². The third kappa shape index (κ3) is 7.23. The van der Waals surface area contributed by atoms with Gasteiger partial charge in [0.05, 0.1) is 25.2 Å². The van der Waals surface area contributed by atoms with E-state index in [2.05, 4.69) is 5.32 Å². The van der Waals surface area contributed by atoms with Crippen molar-refractivity contribution in [3.05, 3.63) is 60.2 Å². The summed E-state index contributed by atoms with van der Waals surface area (Å²) in [4.78, 5) is 12.9. The topological polar surface area (TPSA) is 135 Å². The minimum Gasteiger partial charge on any atom is -0.497 e. The number of benzene rings is 2. The second-order valence-corrected chi connectivity index (χ2v) is 12.2. The molecule has 10 nitrogen and oxygen atoms in total. The number of carbonyl (C=O) groups is 1. The van der Waals surface area contributed by atoms with Gasteiger partial charge in [-0.05, 0) is 36.2 Å². The van der Waals surface area contributed by atoms with Crippen LogP contribution in [0.25, 0.3) is 0 Å². The van der Waals surface area contributed by atoms with E-state index in [4.69, 9.17) is 14.2 Å². The highest BCUT2D eigenvalue weighted by Gasteiger charge is 2.50. The molecule has 2 aromatic carbocycles. The number of ether oxygens (including phenoxy) is 3. The molecule has 0 aromatic heterocycles. The van der Waals surface area contributed by atoms with Crippen molar-refractivity contribution in [1.29, 1.82) is 0 Å². The normalized spacial score (nSPS) is 18.6. The van der Waals surface area contributed by atoms with Crippen molar-refractivity contribution >= 4 is 16.1 Å². The lowest BCUT2D eigenvalue weighted by Gasteiger charge is -2.45. The molecule has 11 heteroatoms. The van der Waals surface area contributed by atoms with E-state index in [9.17, 15) is 23.4 Å². The second-order valence-electron chi connectivity index (χ2n) is 10.3. The lowest BCUT2D eigenvalue weighted by Crippen LogP contribution is -2.68. The minimum absolute atomic E-state index is 0.114. The number of nitrogens with one attached hydrogen (secondary N) is 1. The number of aliphatic hydroxyl groups excluding tert-OH is 1. The average molecular weight is 551 g/mol. The van der Waals surface area contributed by atoms with Crippen LogP contribution in [0.15, 0.2) is 59.5 Å². The maximum absolute atomic E-state index is 14.1. The van der Waals surface area contributed by atoms with E-state index in [1.807, 2.05) is 30.3 Å². The highest BCUT2D eigenvalue weighted by atomic mass is 32.2.